The Morgan fingerprint density at radius 2 is 1.90 bits per heavy atom. The van der Waals surface area contributed by atoms with Crippen LogP contribution in [-0.4, -0.2) is 43.4 Å². The Kier molecular flexibility index (Phi) is 5.04. The zero-order valence-electron chi connectivity index (χ0n) is 11.9. The molecule has 0 radical (unpaired) electrons. The lowest BCUT2D eigenvalue weighted by atomic mass is 9.97. The van der Waals surface area contributed by atoms with Gasteiger partial charge in [0.15, 0.2) is 0 Å². The minimum absolute atomic E-state index is 0.0778. The number of rotatable bonds is 5. The Bertz CT molecular complexity index is 443. The number of carboxylic acid groups (broad SMARTS) is 1. The number of hydrogen-bond donors (Lipinski definition) is 2. The average molecular weight is 304 g/mol. The molecule has 6 nitrogen and oxygen atoms in total. The molecule has 2 atom stereocenters. The van der Waals surface area contributed by atoms with Gasteiger partial charge in [-0.3, -0.25) is 4.79 Å². The smallest absolute Gasteiger partial charge is 0.306 e. The highest BCUT2D eigenvalue weighted by Gasteiger charge is 2.34. The van der Waals surface area contributed by atoms with E-state index in [2.05, 4.69) is 11.6 Å². The Hall–Kier alpha value is -0.660. The molecule has 1 saturated heterocycles. The Morgan fingerprint density at radius 3 is 2.50 bits per heavy atom. The molecule has 7 heteroatoms. The molecular weight excluding hydrogens is 280 g/mol. The van der Waals surface area contributed by atoms with Crippen LogP contribution in [0.25, 0.3) is 0 Å². The highest BCUT2D eigenvalue weighted by atomic mass is 32.2. The summed E-state index contributed by atoms with van der Waals surface area (Å²) in [6.45, 7) is 3.49. The van der Waals surface area contributed by atoms with Crippen molar-refractivity contribution in [2.45, 2.75) is 39.0 Å². The molecule has 2 rings (SSSR count). The molecule has 1 aliphatic carbocycles. The summed E-state index contributed by atoms with van der Waals surface area (Å²) in [5.74, 6) is -0.712. The SMILES string of the molecule is CC1CCN(S(=O)(=O)NCC2CCCC2C(=O)O)CC1. The van der Waals surface area contributed by atoms with E-state index in [1.807, 2.05) is 0 Å². The van der Waals surface area contributed by atoms with Gasteiger partial charge >= 0.3 is 5.97 Å². The van der Waals surface area contributed by atoms with Crippen molar-refractivity contribution in [3.8, 4) is 0 Å². The second-order valence-electron chi connectivity index (χ2n) is 6.07. The molecule has 0 amide bonds. The van der Waals surface area contributed by atoms with Crippen LogP contribution in [0.1, 0.15) is 39.0 Å². The maximum absolute atomic E-state index is 12.2. The number of nitrogens with zero attached hydrogens (tertiary/aromatic N) is 1. The minimum atomic E-state index is -3.45. The molecule has 0 spiro atoms. The molecule has 1 saturated carbocycles. The van der Waals surface area contributed by atoms with Crippen molar-refractivity contribution in [1.82, 2.24) is 9.03 Å². The summed E-state index contributed by atoms with van der Waals surface area (Å²) in [7, 11) is -3.45. The van der Waals surface area contributed by atoms with Crippen LogP contribution in [0.5, 0.6) is 0 Å². The summed E-state index contributed by atoms with van der Waals surface area (Å²) in [5.41, 5.74) is 0. The maximum Gasteiger partial charge on any atom is 0.306 e. The summed E-state index contributed by atoms with van der Waals surface area (Å²) in [4.78, 5) is 11.1. The second kappa shape index (κ2) is 6.41. The molecule has 1 aliphatic heterocycles. The van der Waals surface area contributed by atoms with Crippen LogP contribution in [0.15, 0.2) is 0 Å². The van der Waals surface area contributed by atoms with E-state index in [0.29, 0.717) is 25.4 Å². The molecule has 0 aromatic heterocycles. The van der Waals surface area contributed by atoms with Crippen molar-refractivity contribution >= 4 is 16.2 Å². The number of carbonyl (C=O) groups is 1. The molecule has 116 valence electrons. The monoisotopic (exact) mass is 304 g/mol. The predicted molar refractivity (Wildman–Crippen MR) is 75.4 cm³/mol. The van der Waals surface area contributed by atoms with Gasteiger partial charge < -0.3 is 5.11 Å². The predicted octanol–water partition coefficient (Wildman–Crippen LogP) is 1.05. The fraction of sp³-hybridized carbons (Fsp3) is 0.923. The van der Waals surface area contributed by atoms with Gasteiger partial charge in [0.1, 0.15) is 0 Å². The lowest BCUT2D eigenvalue weighted by Gasteiger charge is -2.30. The average Bonchev–Trinajstić information content (AvgIpc) is 2.85. The van der Waals surface area contributed by atoms with Crippen molar-refractivity contribution in [3.63, 3.8) is 0 Å². The number of carboxylic acids is 1. The van der Waals surface area contributed by atoms with E-state index >= 15 is 0 Å². The zero-order chi connectivity index (χ0) is 14.8. The van der Waals surface area contributed by atoms with E-state index in [4.69, 9.17) is 5.11 Å². The van der Waals surface area contributed by atoms with Gasteiger partial charge in [0.2, 0.25) is 0 Å². The van der Waals surface area contributed by atoms with E-state index in [1.54, 1.807) is 0 Å². The first-order valence-electron chi connectivity index (χ1n) is 7.37. The van der Waals surface area contributed by atoms with Crippen LogP contribution < -0.4 is 4.72 Å². The maximum atomic E-state index is 12.2. The van der Waals surface area contributed by atoms with Crippen LogP contribution in [0.3, 0.4) is 0 Å². The van der Waals surface area contributed by atoms with Crippen LogP contribution >= 0.6 is 0 Å². The van der Waals surface area contributed by atoms with E-state index in [-0.39, 0.29) is 12.5 Å². The quantitative estimate of drug-likeness (QED) is 0.795. The Balaban J connectivity index is 1.87. The van der Waals surface area contributed by atoms with Gasteiger partial charge in [0.05, 0.1) is 5.92 Å². The zero-order valence-corrected chi connectivity index (χ0v) is 12.7. The molecule has 1 heterocycles. The summed E-state index contributed by atoms with van der Waals surface area (Å²) in [5, 5.41) is 9.10. The highest BCUT2D eigenvalue weighted by Crippen LogP contribution is 2.31. The van der Waals surface area contributed by atoms with Crippen LogP contribution in [0, 0.1) is 17.8 Å². The summed E-state index contributed by atoms with van der Waals surface area (Å²) in [6.07, 6.45) is 4.09. The van der Waals surface area contributed by atoms with Crippen molar-refractivity contribution in [1.29, 1.82) is 0 Å². The standard InChI is InChI=1S/C13H24N2O4S/c1-10-5-7-15(8-6-10)20(18,19)14-9-11-3-2-4-12(11)13(16)17/h10-12,14H,2-9H2,1H3,(H,16,17). The van der Waals surface area contributed by atoms with Crippen LogP contribution in [0.4, 0.5) is 0 Å². The highest BCUT2D eigenvalue weighted by molar-refractivity contribution is 7.87. The van der Waals surface area contributed by atoms with E-state index in [0.717, 1.165) is 25.7 Å². The number of aliphatic carboxylic acids is 1. The lowest BCUT2D eigenvalue weighted by molar-refractivity contribution is -0.142. The first-order chi connectivity index (χ1) is 9.40. The first kappa shape index (κ1) is 15.7. The van der Waals surface area contributed by atoms with Gasteiger partial charge in [0, 0.05) is 19.6 Å². The molecule has 0 aromatic rings. The topological polar surface area (TPSA) is 86.7 Å². The number of nitrogens with one attached hydrogen (secondary N) is 1. The molecule has 2 unspecified atom stereocenters. The van der Waals surface area contributed by atoms with Gasteiger partial charge in [-0.05, 0) is 37.5 Å². The third-order valence-corrected chi connectivity index (χ3v) is 6.16. The van der Waals surface area contributed by atoms with E-state index in [1.165, 1.54) is 4.31 Å². The van der Waals surface area contributed by atoms with Crippen molar-refractivity contribution < 1.29 is 18.3 Å². The van der Waals surface area contributed by atoms with E-state index in [9.17, 15) is 13.2 Å². The molecule has 2 N–H and O–H groups in total. The number of piperidine rings is 1. The summed E-state index contributed by atoms with van der Waals surface area (Å²) >= 11 is 0. The summed E-state index contributed by atoms with van der Waals surface area (Å²) < 4.78 is 28.5. The first-order valence-corrected chi connectivity index (χ1v) is 8.81. The minimum Gasteiger partial charge on any atom is -0.481 e. The largest absolute Gasteiger partial charge is 0.481 e. The number of hydrogen-bond acceptors (Lipinski definition) is 3. The van der Waals surface area contributed by atoms with Crippen molar-refractivity contribution in [2.75, 3.05) is 19.6 Å². The molecule has 0 bridgehead atoms. The third-order valence-electron chi connectivity index (χ3n) is 4.59. The molecule has 0 aromatic carbocycles. The molecular formula is C13H24N2O4S. The Labute approximate surface area is 120 Å². The lowest BCUT2D eigenvalue weighted by Crippen LogP contribution is -2.46. The normalized spacial score (nSPS) is 29.6. The van der Waals surface area contributed by atoms with Crippen LogP contribution in [-0.2, 0) is 15.0 Å². The fourth-order valence-corrected chi connectivity index (χ4v) is 4.43. The third kappa shape index (κ3) is 3.71. The van der Waals surface area contributed by atoms with Gasteiger partial charge in [-0.25, -0.2) is 4.72 Å². The van der Waals surface area contributed by atoms with Crippen LogP contribution in [0.2, 0.25) is 0 Å². The van der Waals surface area contributed by atoms with Crippen molar-refractivity contribution in [3.05, 3.63) is 0 Å². The molecule has 2 aliphatic rings. The van der Waals surface area contributed by atoms with Gasteiger partial charge in [-0.2, -0.15) is 12.7 Å². The molecule has 20 heavy (non-hydrogen) atoms. The summed E-state index contributed by atoms with van der Waals surface area (Å²) in [6, 6.07) is 0. The van der Waals surface area contributed by atoms with Crippen molar-refractivity contribution in [2.24, 2.45) is 17.8 Å². The Morgan fingerprint density at radius 1 is 1.25 bits per heavy atom. The fourth-order valence-electron chi connectivity index (χ4n) is 3.14. The van der Waals surface area contributed by atoms with Gasteiger partial charge in [-0.15, -0.1) is 0 Å². The molecule has 2 fully saturated rings. The second-order valence-corrected chi connectivity index (χ2v) is 7.83. The van der Waals surface area contributed by atoms with Gasteiger partial charge in [-0.1, -0.05) is 13.3 Å². The van der Waals surface area contributed by atoms with Gasteiger partial charge in [0.25, 0.3) is 10.2 Å². The van der Waals surface area contributed by atoms with E-state index < -0.39 is 22.1 Å².